The summed E-state index contributed by atoms with van der Waals surface area (Å²) in [5, 5.41) is 3.38. The van der Waals surface area contributed by atoms with E-state index in [1.807, 2.05) is 35.2 Å². The Hall–Kier alpha value is -2.66. The summed E-state index contributed by atoms with van der Waals surface area (Å²) in [6.07, 6.45) is 7.76. The number of likely N-dealkylation sites (tertiary alicyclic amines) is 2. The number of fused-ring (bicyclic) bond motifs is 1. The number of nitrogens with one attached hydrogen (secondary N) is 1. The number of carbonyl (C=O) groups is 2. The highest BCUT2D eigenvalue weighted by Gasteiger charge is 2.32. The molecule has 0 aromatic heterocycles. The number of rotatable bonds is 5. The average Bonchev–Trinajstić information content (AvgIpc) is 2.90. The molecule has 1 aliphatic carbocycles. The smallest absolute Gasteiger partial charge is 0.226 e. The molecule has 2 saturated heterocycles. The molecule has 0 bridgehead atoms. The van der Waals surface area contributed by atoms with Gasteiger partial charge in [-0.15, -0.1) is 0 Å². The number of hydrogen-bond donors (Lipinski definition) is 1. The molecule has 2 aromatic carbocycles. The van der Waals surface area contributed by atoms with E-state index in [1.165, 1.54) is 11.1 Å². The highest BCUT2D eigenvalue weighted by Crippen LogP contribution is 2.31. The van der Waals surface area contributed by atoms with Crippen LogP contribution in [0.25, 0.3) is 0 Å². The van der Waals surface area contributed by atoms with E-state index in [4.69, 9.17) is 0 Å². The molecule has 0 radical (unpaired) electrons. The van der Waals surface area contributed by atoms with Crippen LogP contribution in [0.4, 0.5) is 0 Å². The second kappa shape index (κ2) is 10.7. The van der Waals surface area contributed by atoms with E-state index in [9.17, 15) is 9.59 Å². The summed E-state index contributed by atoms with van der Waals surface area (Å²) >= 11 is 0. The molecule has 1 N–H and O–H groups in total. The number of benzene rings is 2. The van der Waals surface area contributed by atoms with Crippen molar-refractivity contribution in [3.05, 3.63) is 71.3 Å². The van der Waals surface area contributed by atoms with Crippen LogP contribution in [0, 0.1) is 5.92 Å². The molecule has 2 heterocycles. The molecule has 5 nitrogen and oxygen atoms in total. The molecule has 1 unspecified atom stereocenters. The molecular weight excluding hydrogens is 422 g/mol. The van der Waals surface area contributed by atoms with Crippen LogP contribution in [0.1, 0.15) is 61.3 Å². The van der Waals surface area contributed by atoms with Gasteiger partial charge in [-0.3, -0.25) is 9.59 Å². The van der Waals surface area contributed by atoms with Gasteiger partial charge < -0.3 is 15.1 Å². The number of piperidine rings is 2. The maximum atomic E-state index is 13.1. The van der Waals surface area contributed by atoms with Gasteiger partial charge in [-0.25, -0.2) is 0 Å². The monoisotopic (exact) mass is 459 g/mol. The molecule has 2 aliphatic heterocycles. The van der Waals surface area contributed by atoms with Crippen molar-refractivity contribution in [2.75, 3.05) is 26.2 Å². The Morgan fingerprint density at radius 2 is 1.53 bits per heavy atom. The van der Waals surface area contributed by atoms with Gasteiger partial charge in [0.1, 0.15) is 0 Å². The maximum absolute atomic E-state index is 13.1. The van der Waals surface area contributed by atoms with Crippen LogP contribution < -0.4 is 5.32 Å². The standard InChI is InChI=1S/C29H37N3O2/c33-28(21-22-7-2-1-3-8-22)32-19-15-25(16-20-32)31-17-13-24(14-18-31)29(34)30-27-12-6-10-23-9-4-5-11-26(23)27/h1-5,7-9,11,24-25,27H,6,10,12-21H2,(H,30,34). The number of amides is 2. The first kappa shape index (κ1) is 23.1. The first-order valence-corrected chi connectivity index (χ1v) is 13.1. The van der Waals surface area contributed by atoms with E-state index in [2.05, 4.69) is 34.5 Å². The Labute approximate surface area is 203 Å². The predicted octanol–water partition coefficient (Wildman–Crippen LogP) is 4.13. The van der Waals surface area contributed by atoms with Gasteiger partial charge in [0.15, 0.2) is 0 Å². The van der Waals surface area contributed by atoms with Gasteiger partial charge >= 0.3 is 0 Å². The zero-order chi connectivity index (χ0) is 23.3. The van der Waals surface area contributed by atoms with E-state index in [-0.39, 0.29) is 23.8 Å². The van der Waals surface area contributed by atoms with Crippen molar-refractivity contribution in [1.82, 2.24) is 15.1 Å². The summed E-state index contributed by atoms with van der Waals surface area (Å²) in [7, 11) is 0. The molecule has 2 fully saturated rings. The first-order valence-electron chi connectivity index (χ1n) is 13.1. The summed E-state index contributed by atoms with van der Waals surface area (Å²) in [5.74, 6) is 0.602. The molecule has 0 saturated carbocycles. The molecule has 0 spiro atoms. The SMILES string of the molecule is O=C(NC1CCCc2ccccc21)C1CCN(C2CCN(C(=O)Cc3ccccc3)CC2)CC1. The minimum atomic E-state index is 0.123. The normalized spacial score (nSPS) is 22.2. The number of carbonyl (C=O) groups excluding carboxylic acids is 2. The van der Waals surface area contributed by atoms with E-state index >= 15 is 0 Å². The first-order chi connectivity index (χ1) is 16.7. The molecule has 1 atom stereocenters. The maximum Gasteiger partial charge on any atom is 0.226 e. The van der Waals surface area contributed by atoms with Crippen LogP contribution in [0.2, 0.25) is 0 Å². The molecular formula is C29H37N3O2. The van der Waals surface area contributed by atoms with E-state index in [0.717, 1.165) is 76.7 Å². The van der Waals surface area contributed by atoms with Gasteiger partial charge in [-0.05, 0) is 74.7 Å². The van der Waals surface area contributed by atoms with E-state index in [1.54, 1.807) is 0 Å². The number of aryl methyl sites for hydroxylation is 1. The highest BCUT2D eigenvalue weighted by molar-refractivity contribution is 5.79. The molecule has 34 heavy (non-hydrogen) atoms. The van der Waals surface area contributed by atoms with Gasteiger partial charge in [0.05, 0.1) is 12.5 Å². The minimum absolute atomic E-state index is 0.123. The third-order valence-electron chi connectivity index (χ3n) is 8.12. The predicted molar refractivity (Wildman–Crippen MR) is 134 cm³/mol. The Bertz CT molecular complexity index is 976. The van der Waals surface area contributed by atoms with Crippen LogP contribution in [0.15, 0.2) is 54.6 Å². The summed E-state index contributed by atoms with van der Waals surface area (Å²) in [6, 6.07) is 19.3. The Balaban J connectivity index is 1.06. The Morgan fingerprint density at radius 3 is 2.29 bits per heavy atom. The second-order valence-corrected chi connectivity index (χ2v) is 10.2. The molecule has 5 rings (SSSR count). The van der Waals surface area contributed by atoms with Crippen molar-refractivity contribution < 1.29 is 9.59 Å². The van der Waals surface area contributed by atoms with Crippen molar-refractivity contribution in [2.24, 2.45) is 5.92 Å². The van der Waals surface area contributed by atoms with Gasteiger partial charge in [0.25, 0.3) is 0 Å². The van der Waals surface area contributed by atoms with Crippen molar-refractivity contribution in [3.8, 4) is 0 Å². The third-order valence-corrected chi connectivity index (χ3v) is 8.12. The molecule has 2 aromatic rings. The van der Waals surface area contributed by atoms with Gasteiger partial charge in [0, 0.05) is 25.0 Å². The topological polar surface area (TPSA) is 52.7 Å². The molecule has 180 valence electrons. The van der Waals surface area contributed by atoms with Gasteiger partial charge in [-0.1, -0.05) is 54.6 Å². The number of hydrogen-bond acceptors (Lipinski definition) is 3. The fourth-order valence-electron chi connectivity index (χ4n) is 6.08. The number of nitrogens with zero attached hydrogens (tertiary/aromatic N) is 2. The van der Waals surface area contributed by atoms with Crippen molar-refractivity contribution in [2.45, 2.75) is 63.5 Å². The summed E-state index contributed by atoms with van der Waals surface area (Å²) in [4.78, 5) is 30.3. The summed E-state index contributed by atoms with van der Waals surface area (Å²) in [6.45, 7) is 3.67. The van der Waals surface area contributed by atoms with Crippen LogP contribution in [-0.4, -0.2) is 53.8 Å². The Morgan fingerprint density at radius 1 is 0.824 bits per heavy atom. The fraction of sp³-hybridized carbons (Fsp3) is 0.517. The molecule has 5 heteroatoms. The van der Waals surface area contributed by atoms with E-state index < -0.39 is 0 Å². The van der Waals surface area contributed by atoms with Crippen LogP contribution in [-0.2, 0) is 22.4 Å². The largest absolute Gasteiger partial charge is 0.349 e. The molecule has 2 amide bonds. The van der Waals surface area contributed by atoms with Crippen molar-refractivity contribution in [3.63, 3.8) is 0 Å². The second-order valence-electron chi connectivity index (χ2n) is 10.2. The van der Waals surface area contributed by atoms with Gasteiger partial charge in [-0.2, -0.15) is 0 Å². The lowest BCUT2D eigenvalue weighted by atomic mass is 9.86. The minimum Gasteiger partial charge on any atom is -0.349 e. The zero-order valence-corrected chi connectivity index (χ0v) is 20.1. The van der Waals surface area contributed by atoms with Crippen molar-refractivity contribution >= 4 is 11.8 Å². The summed E-state index contributed by atoms with van der Waals surface area (Å²) < 4.78 is 0. The van der Waals surface area contributed by atoms with Gasteiger partial charge in [0.2, 0.25) is 11.8 Å². The lowest BCUT2D eigenvalue weighted by Crippen LogP contribution is -2.50. The third kappa shape index (κ3) is 5.35. The van der Waals surface area contributed by atoms with E-state index in [0.29, 0.717) is 12.5 Å². The Kier molecular flexibility index (Phi) is 7.29. The van der Waals surface area contributed by atoms with Crippen molar-refractivity contribution in [1.29, 1.82) is 0 Å². The lowest BCUT2D eigenvalue weighted by Gasteiger charge is -2.41. The van der Waals surface area contributed by atoms with Crippen LogP contribution in [0.5, 0.6) is 0 Å². The zero-order valence-electron chi connectivity index (χ0n) is 20.1. The van der Waals surface area contributed by atoms with Crippen LogP contribution >= 0.6 is 0 Å². The summed E-state index contributed by atoms with van der Waals surface area (Å²) in [5.41, 5.74) is 3.79. The highest BCUT2D eigenvalue weighted by atomic mass is 16.2. The lowest BCUT2D eigenvalue weighted by molar-refractivity contribution is -0.132. The van der Waals surface area contributed by atoms with Crippen LogP contribution in [0.3, 0.4) is 0 Å². The molecule has 3 aliphatic rings. The average molecular weight is 460 g/mol. The fourth-order valence-corrected chi connectivity index (χ4v) is 6.08. The quantitative estimate of drug-likeness (QED) is 0.732.